The number of halogens is 2. The van der Waals surface area contributed by atoms with Crippen molar-refractivity contribution in [3.8, 4) is 17.1 Å². The molecule has 0 spiro atoms. The van der Waals surface area contributed by atoms with Gasteiger partial charge in [-0.05, 0) is 36.4 Å². The molecule has 0 bridgehead atoms. The van der Waals surface area contributed by atoms with E-state index in [2.05, 4.69) is 20.2 Å². The van der Waals surface area contributed by atoms with E-state index in [1.165, 1.54) is 11.1 Å². The fourth-order valence-corrected chi connectivity index (χ4v) is 3.75. The van der Waals surface area contributed by atoms with Crippen molar-refractivity contribution in [1.82, 2.24) is 29.6 Å². The zero-order valence-electron chi connectivity index (χ0n) is 16.4. The summed E-state index contributed by atoms with van der Waals surface area (Å²) in [6.07, 6.45) is 2.76. The minimum atomic E-state index is -2.69. The smallest absolute Gasteiger partial charge is 0.255 e. The molecule has 10 heteroatoms. The summed E-state index contributed by atoms with van der Waals surface area (Å²) in [5, 5.41) is 7.39. The second-order valence-corrected chi connectivity index (χ2v) is 7.56. The molecule has 5 rings (SSSR count). The molecule has 0 saturated carbocycles. The zero-order valence-corrected chi connectivity index (χ0v) is 16.4. The molecule has 3 N–H and O–H groups in total. The Balaban J connectivity index is 1.39. The fourth-order valence-electron chi connectivity index (χ4n) is 3.75. The van der Waals surface area contributed by atoms with Crippen molar-refractivity contribution in [3.05, 3.63) is 54.4 Å². The van der Waals surface area contributed by atoms with Crippen molar-refractivity contribution in [1.29, 1.82) is 0 Å². The highest BCUT2D eigenvalue weighted by Gasteiger charge is 2.35. The highest BCUT2D eigenvalue weighted by Crippen LogP contribution is 2.29. The predicted molar refractivity (Wildman–Crippen MR) is 111 cm³/mol. The number of alkyl halides is 2. The first-order valence-corrected chi connectivity index (χ1v) is 9.82. The van der Waals surface area contributed by atoms with Crippen LogP contribution in [0.1, 0.15) is 23.2 Å². The maximum atomic E-state index is 13.4. The quantitative estimate of drug-likeness (QED) is 0.526. The summed E-state index contributed by atoms with van der Waals surface area (Å²) in [7, 11) is 0. The third-order valence-electron chi connectivity index (χ3n) is 5.48. The number of nitrogens with zero attached hydrogens (tertiary/aromatic N) is 5. The van der Waals surface area contributed by atoms with Crippen LogP contribution in [0.25, 0.3) is 28.1 Å². The standard InChI is InChI=1S/C21H19F2N7O/c22-21(23)6-9-29(10-7-21)19(31)15-11-14-5-8-30(18(14)25-12-15)16-3-1-13(2-4-16)17-26-20(24)28-27-17/h1-5,8,11-12H,6-7,9-10H2,(H3,24,26,27,28). The summed E-state index contributed by atoms with van der Waals surface area (Å²) >= 11 is 0. The van der Waals surface area contributed by atoms with Crippen LogP contribution in [-0.4, -0.2) is 54.6 Å². The Labute approximate surface area is 175 Å². The van der Waals surface area contributed by atoms with Gasteiger partial charge in [0.25, 0.3) is 11.8 Å². The topological polar surface area (TPSA) is 106 Å². The maximum absolute atomic E-state index is 13.4. The van der Waals surface area contributed by atoms with Crippen LogP contribution in [0.4, 0.5) is 14.7 Å². The average molecular weight is 423 g/mol. The Hall–Kier alpha value is -3.82. The van der Waals surface area contributed by atoms with Crippen LogP contribution in [0.5, 0.6) is 0 Å². The highest BCUT2D eigenvalue weighted by atomic mass is 19.3. The number of amides is 1. The lowest BCUT2D eigenvalue weighted by Gasteiger charge is -2.31. The molecule has 4 aromatic rings. The average Bonchev–Trinajstić information content (AvgIpc) is 3.39. The van der Waals surface area contributed by atoms with Gasteiger partial charge in [0.15, 0.2) is 5.82 Å². The number of H-pyrrole nitrogens is 1. The number of aromatic nitrogens is 5. The number of nitrogens with two attached hydrogens (primary N) is 1. The minimum absolute atomic E-state index is 0.0497. The monoisotopic (exact) mass is 423 g/mol. The van der Waals surface area contributed by atoms with Gasteiger partial charge in [0, 0.05) is 55.0 Å². The molecular weight excluding hydrogens is 404 g/mol. The number of nitrogens with one attached hydrogen (secondary N) is 1. The van der Waals surface area contributed by atoms with E-state index in [0.717, 1.165) is 16.6 Å². The van der Waals surface area contributed by atoms with Crippen molar-refractivity contribution in [2.75, 3.05) is 18.8 Å². The first-order chi connectivity index (χ1) is 14.9. The van der Waals surface area contributed by atoms with E-state index in [0.29, 0.717) is 17.0 Å². The zero-order chi connectivity index (χ0) is 21.6. The van der Waals surface area contributed by atoms with Gasteiger partial charge in [0.2, 0.25) is 5.95 Å². The number of aromatic amines is 1. The van der Waals surface area contributed by atoms with Crippen LogP contribution < -0.4 is 5.73 Å². The summed E-state index contributed by atoms with van der Waals surface area (Å²) < 4.78 is 28.6. The van der Waals surface area contributed by atoms with Gasteiger partial charge in [0.1, 0.15) is 5.65 Å². The number of benzene rings is 1. The number of carbonyl (C=O) groups excluding carboxylic acids is 1. The van der Waals surface area contributed by atoms with Gasteiger partial charge in [-0.2, -0.15) is 4.98 Å². The third-order valence-corrected chi connectivity index (χ3v) is 5.48. The molecule has 0 aliphatic carbocycles. The number of piperidine rings is 1. The number of pyridine rings is 1. The lowest BCUT2D eigenvalue weighted by atomic mass is 10.1. The molecule has 0 atom stereocenters. The van der Waals surface area contributed by atoms with E-state index in [9.17, 15) is 13.6 Å². The molecule has 0 radical (unpaired) electrons. The molecule has 1 aliphatic rings. The normalized spacial score (nSPS) is 16.0. The van der Waals surface area contributed by atoms with Gasteiger partial charge in [0.05, 0.1) is 5.56 Å². The molecule has 1 aliphatic heterocycles. The Morgan fingerprint density at radius 3 is 2.55 bits per heavy atom. The highest BCUT2D eigenvalue weighted by molar-refractivity contribution is 5.97. The number of nitrogen functional groups attached to an aromatic ring is 1. The van der Waals surface area contributed by atoms with Crippen LogP contribution in [0.15, 0.2) is 48.8 Å². The van der Waals surface area contributed by atoms with Gasteiger partial charge in [-0.25, -0.2) is 13.8 Å². The molecule has 3 aromatic heterocycles. The summed E-state index contributed by atoms with van der Waals surface area (Å²) in [4.78, 5) is 22.8. The third kappa shape index (κ3) is 3.60. The van der Waals surface area contributed by atoms with Gasteiger partial charge in [-0.1, -0.05) is 0 Å². The molecule has 1 amide bonds. The second kappa shape index (κ2) is 7.15. The first kappa shape index (κ1) is 19.2. The van der Waals surface area contributed by atoms with E-state index in [1.807, 2.05) is 41.1 Å². The van der Waals surface area contributed by atoms with Crippen LogP contribution >= 0.6 is 0 Å². The van der Waals surface area contributed by atoms with Crippen molar-refractivity contribution in [2.24, 2.45) is 0 Å². The Morgan fingerprint density at radius 2 is 1.87 bits per heavy atom. The summed E-state index contributed by atoms with van der Waals surface area (Å²) in [5.74, 6) is -2.19. The molecule has 0 unspecified atom stereocenters. The van der Waals surface area contributed by atoms with Gasteiger partial charge in [-0.3, -0.25) is 9.89 Å². The Morgan fingerprint density at radius 1 is 1.13 bits per heavy atom. The number of likely N-dealkylation sites (tertiary alicyclic amines) is 1. The number of hydrogen-bond acceptors (Lipinski definition) is 5. The molecule has 31 heavy (non-hydrogen) atoms. The molecule has 4 heterocycles. The first-order valence-electron chi connectivity index (χ1n) is 9.82. The summed E-state index contributed by atoms with van der Waals surface area (Å²) in [6, 6.07) is 11.2. The molecule has 1 saturated heterocycles. The van der Waals surface area contributed by atoms with Crippen LogP contribution in [-0.2, 0) is 0 Å². The van der Waals surface area contributed by atoms with Crippen molar-refractivity contribution in [2.45, 2.75) is 18.8 Å². The van der Waals surface area contributed by atoms with Crippen molar-refractivity contribution < 1.29 is 13.6 Å². The summed E-state index contributed by atoms with van der Waals surface area (Å²) in [5.41, 5.74) is 8.37. The van der Waals surface area contributed by atoms with E-state index in [4.69, 9.17) is 5.73 Å². The van der Waals surface area contributed by atoms with E-state index < -0.39 is 5.92 Å². The van der Waals surface area contributed by atoms with Crippen LogP contribution in [0.3, 0.4) is 0 Å². The molecule has 1 aromatic carbocycles. The van der Waals surface area contributed by atoms with E-state index in [1.54, 1.807) is 6.07 Å². The SMILES string of the molecule is Nc1n[nH]c(-c2ccc(-n3ccc4cc(C(=O)N5CCC(F)(F)CC5)cnc43)cc2)n1. The summed E-state index contributed by atoms with van der Waals surface area (Å²) in [6.45, 7) is 0.0993. The van der Waals surface area contributed by atoms with Crippen molar-refractivity contribution >= 4 is 22.9 Å². The second-order valence-electron chi connectivity index (χ2n) is 7.56. The predicted octanol–water partition coefficient (Wildman–Crippen LogP) is 3.26. The minimum Gasteiger partial charge on any atom is -0.366 e. The molecule has 8 nitrogen and oxygen atoms in total. The Bertz CT molecular complexity index is 1250. The molecular formula is C21H19F2N7O. The van der Waals surface area contributed by atoms with Gasteiger partial charge >= 0.3 is 0 Å². The van der Waals surface area contributed by atoms with Gasteiger partial charge in [-0.15, -0.1) is 5.10 Å². The van der Waals surface area contributed by atoms with Crippen LogP contribution in [0, 0.1) is 0 Å². The number of anilines is 1. The number of carbonyl (C=O) groups is 1. The largest absolute Gasteiger partial charge is 0.366 e. The van der Waals surface area contributed by atoms with Crippen LogP contribution in [0.2, 0.25) is 0 Å². The number of rotatable bonds is 3. The Kier molecular flexibility index (Phi) is 4.42. The van der Waals surface area contributed by atoms with Gasteiger partial charge < -0.3 is 15.2 Å². The lowest BCUT2D eigenvalue weighted by molar-refractivity contribution is -0.0494. The van der Waals surface area contributed by atoms with E-state index in [-0.39, 0.29) is 37.8 Å². The molecule has 1 fully saturated rings. The molecule has 158 valence electrons. The fraction of sp³-hybridized carbons (Fsp3) is 0.238. The number of hydrogen-bond donors (Lipinski definition) is 2. The lowest BCUT2D eigenvalue weighted by Crippen LogP contribution is -2.42. The number of fused-ring (bicyclic) bond motifs is 1. The van der Waals surface area contributed by atoms with E-state index >= 15 is 0 Å². The van der Waals surface area contributed by atoms with Crippen molar-refractivity contribution in [3.63, 3.8) is 0 Å². The maximum Gasteiger partial charge on any atom is 0.255 e.